The number of benzene rings is 1. The first-order valence-electron chi connectivity index (χ1n) is 5.64. The minimum Gasteiger partial charge on any atom is -0.497 e. The van der Waals surface area contributed by atoms with Crippen LogP contribution in [0.15, 0.2) is 30.5 Å². The summed E-state index contributed by atoms with van der Waals surface area (Å²) in [5.74, 6) is 1.35. The molecule has 0 bridgehead atoms. The lowest BCUT2D eigenvalue weighted by Gasteiger charge is -2.02. The summed E-state index contributed by atoms with van der Waals surface area (Å²) in [7, 11) is 3.54. The molecular weight excluding hydrogens is 228 g/mol. The van der Waals surface area contributed by atoms with Gasteiger partial charge >= 0.3 is 0 Å². The maximum atomic E-state index is 5.72. The van der Waals surface area contributed by atoms with Crippen LogP contribution in [0.5, 0.6) is 5.75 Å². The van der Waals surface area contributed by atoms with Crippen molar-refractivity contribution < 1.29 is 4.74 Å². The maximum Gasteiger partial charge on any atom is 0.146 e. The van der Waals surface area contributed by atoms with Gasteiger partial charge in [0, 0.05) is 35.8 Å². The van der Waals surface area contributed by atoms with Crippen molar-refractivity contribution in [1.29, 1.82) is 0 Å². The van der Waals surface area contributed by atoms with Crippen molar-refractivity contribution in [2.75, 3.05) is 12.8 Å². The van der Waals surface area contributed by atoms with Gasteiger partial charge in [0.1, 0.15) is 11.6 Å². The van der Waals surface area contributed by atoms with E-state index in [0.29, 0.717) is 5.82 Å². The van der Waals surface area contributed by atoms with E-state index in [1.165, 1.54) is 0 Å². The first-order chi connectivity index (χ1) is 8.69. The van der Waals surface area contributed by atoms with Gasteiger partial charge in [-0.3, -0.25) is 4.68 Å². The summed E-state index contributed by atoms with van der Waals surface area (Å²) in [5.41, 5.74) is 8.82. The average Bonchev–Trinajstić information content (AvgIpc) is 2.91. The number of nitrogens with zero attached hydrogens (tertiary/aromatic N) is 2. The quantitative estimate of drug-likeness (QED) is 0.723. The number of fused-ring (bicyclic) bond motifs is 1. The van der Waals surface area contributed by atoms with Crippen LogP contribution >= 0.6 is 0 Å². The molecule has 3 rings (SSSR count). The van der Waals surface area contributed by atoms with Crippen molar-refractivity contribution in [3.05, 3.63) is 30.5 Å². The van der Waals surface area contributed by atoms with Crippen molar-refractivity contribution in [2.24, 2.45) is 7.05 Å². The molecule has 5 nitrogen and oxygen atoms in total. The zero-order valence-corrected chi connectivity index (χ0v) is 10.3. The van der Waals surface area contributed by atoms with E-state index in [2.05, 4.69) is 10.1 Å². The third kappa shape index (κ3) is 1.52. The van der Waals surface area contributed by atoms with Crippen molar-refractivity contribution >= 4 is 16.7 Å². The molecule has 0 atom stereocenters. The van der Waals surface area contributed by atoms with Gasteiger partial charge in [-0.05, 0) is 18.2 Å². The lowest BCUT2D eigenvalue weighted by Crippen LogP contribution is -1.94. The maximum absolute atomic E-state index is 5.72. The summed E-state index contributed by atoms with van der Waals surface area (Å²) in [6.07, 6.45) is 1.96. The predicted octanol–water partition coefficient (Wildman–Crippen LogP) is 2.16. The van der Waals surface area contributed by atoms with Crippen LogP contribution in [-0.4, -0.2) is 21.9 Å². The number of aryl methyl sites for hydroxylation is 1. The smallest absolute Gasteiger partial charge is 0.146 e. The van der Waals surface area contributed by atoms with E-state index in [4.69, 9.17) is 10.5 Å². The highest BCUT2D eigenvalue weighted by atomic mass is 16.5. The Labute approximate surface area is 104 Å². The van der Waals surface area contributed by atoms with Gasteiger partial charge in [-0.15, -0.1) is 0 Å². The lowest BCUT2D eigenvalue weighted by molar-refractivity contribution is 0.415. The van der Waals surface area contributed by atoms with E-state index in [9.17, 15) is 0 Å². The molecule has 3 aromatic rings. The number of aromatic amines is 1. The monoisotopic (exact) mass is 242 g/mol. The predicted molar refractivity (Wildman–Crippen MR) is 71.5 cm³/mol. The molecule has 0 aliphatic heterocycles. The van der Waals surface area contributed by atoms with E-state index < -0.39 is 0 Å². The standard InChI is InChI=1S/C13H14N4O/c1-17-12(6-13(14)16-17)10-7-15-11-4-3-8(18-2)5-9(10)11/h3-7,15H,1-2H3,(H2,14,16). The molecule has 5 heteroatoms. The third-order valence-corrected chi connectivity index (χ3v) is 3.06. The number of H-pyrrole nitrogens is 1. The van der Waals surface area contributed by atoms with Gasteiger partial charge in [0.2, 0.25) is 0 Å². The molecule has 3 N–H and O–H groups in total. The Kier molecular flexibility index (Phi) is 2.26. The molecule has 0 radical (unpaired) electrons. The summed E-state index contributed by atoms with van der Waals surface area (Å²) in [6.45, 7) is 0. The number of hydrogen-bond acceptors (Lipinski definition) is 3. The van der Waals surface area contributed by atoms with E-state index in [1.807, 2.05) is 37.5 Å². The molecular formula is C13H14N4O. The second-order valence-electron chi connectivity index (χ2n) is 4.19. The number of hydrogen-bond donors (Lipinski definition) is 2. The third-order valence-electron chi connectivity index (χ3n) is 3.06. The fraction of sp³-hybridized carbons (Fsp3) is 0.154. The summed E-state index contributed by atoms with van der Waals surface area (Å²) >= 11 is 0. The number of anilines is 1. The number of nitrogen functional groups attached to an aromatic ring is 1. The van der Waals surface area contributed by atoms with Crippen LogP contribution in [0.4, 0.5) is 5.82 Å². The molecule has 0 amide bonds. The van der Waals surface area contributed by atoms with Crippen LogP contribution < -0.4 is 10.5 Å². The van der Waals surface area contributed by atoms with Crippen LogP contribution in [0.3, 0.4) is 0 Å². The summed E-state index contributed by atoms with van der Waals surface area (Å²) < 4.78 is 7.03. The highest BCUT2D eigenvalue weighted by Crippen LogP contribution is 2.31. The number of aromatic nitrogens is 3. The molecule has 0 aliphatic carbocycles. The molecule has 0 fully saturated rings. The topological polar surface area (TPSA) is 68.9 Å². The Hall–Kier alpha value is -2.43. The van der Waals surface area contributed by atoms with E-state index >= 15 is 0 Å². The van der Waals surface area contributed by atoms with Gasteiger partial charge in [0.15, 0.2) is 0 Å². The van der Waals surface area contributed by atoms with Crippen LogP contribution in [0.2, 0.25) is 0 Å². The fourth-order valence-corrected chi connectivity index (χ4v) is 2.18. The number of ether oxygens (including phenoxy) is 1. The SMILES string of the molecule is COc1ccc2[nH]cc(-c3cc(N)nn3C)c2c1. The molecule has 2 heterocycles. The molecule has 2 aromatic heterocycles. The zero-order chi connectivity index (χ0) is 12.7. The largest absolute Gasteiger partial charge is 0.497 e. The molecule has 1 aromatic carbocycles. The summed E-state index contributed by atoms with van der Waals surface area (Å²) in [4.78, 5) is 3.24. The van der Waals surface area contributed by atoms with Crippen LogP contribution in [0.25, 0.3) is 22.2 Å². The van der Waals surface area contributed by atoms with Crippen molar-refractivity contribution in [1.82, 2.24) is 14.8 Å². The molecule has 0 spiro atoms. The second kappa shape index (κ2) is 3.80. The van der Waals surface area contributed by atoms with Crippen LogP contribution in [-0.2, 0) is 7.05 Å². The normalized spacial score (nSPS) is 11.0. The van der Waals surface area contributed by atoms with E-state index in [0.717, 1.165) is 27.9 Å². The zero-order valence-electron chi connectivity index (χ0n) is 10.3. The molecule has 0 aliphatic rings. The molecule has 0 unspecified atom stereocenters. The van der Waals surface area contributed by atoms with E-state index in [-0.39, 0.29) is 0 Å². The Bertz CT molecular complexity index is 711. The number of methoxy groups -OCH3 is 1. The molecule has 0 saturated carbocycles. The minimum atomic E-state index is 0.518. The van der Waals surface area contributed by atoms with Gasteiger partial charge in [-0.1, -0.05) is 0 Å². The Morgan fingerprint density at radius 2 is 2.17 bits per heavy atom. The van der Waals surface area contributed by atoms with Crippen LogP contribution in [0.1, 0.15) is 0 Å². The molecule has 18 heavy (non-hydrogen) atoms. The van der Waals surface area contributed by atoms with Crippen molar-refractivity contribution in [2.45, 2.75) is 0 Å². The second-order valence-corrected chi connectivity index (χ2v) is 4.19. The summed E-state index contributed by atoms with van der Waals surface area (Å²) in [6, 6.07) is 7.80. The van der Waals surface area contributed by atoms with E-state index in [1.54, 1.807) is 11.8 Å². The van der Waals surface area contributed by atoms with Gasteiger partial charge < -0.3 is 15.5 Å². The highest BCUT2D eigenvalue weighted by Gasteiger charge is 2.11. The van der Waals surface area contributed by atoms with Gasteiger partial charge in [0.05, 0.1) is 12.8 Å². The lowest BCUT2D eigenvalue weighted by atomic mass is 10.1. The fourth-order valence-electron chi connectivity index (χ4n) is 2.18. The number of nitrogens with two attached hydrogens (primary N) is 1. The number of nitrogens with one attached hydrogen (secondary N) is 1. The van der Waals surface area contributed by atoms with Crippen LogP contribution in [0, 0.1) is 0 Å². The minimum absolute atomic E-state index is 0.518. The Morgan fingerprint density at radius 1 is 1.33 bits per heavy atom. The van der Waals surface area contributed by atoms with Gasteiger partial charge in [-0.2, -0.15) is 5.10 Å². The molecule has 92 valence electrons. The molecule has 0 saturated heterocycles. The first-order valence-corrected chi connectivity index (χ1v) is 5.64. The Morgan fingerprint density at radius 3 is 2.83 bits per heavy atom. The van der Waals surface area contributed by atoms with Gasteiger partial charge in [-0.25, -0.2) is 0 Å². The first kappa shape index (κ1) is 10.7. The van der Waals surface area contributed by atoms with Crippen molar-refractivity contribution in [3.63, 3.8) is 0 Å². The average molecular weight is 242 g/mol. The summed E-state index contributed by atoms with van der Waals surface area (Å²) in [5, 5.41) is 5.26. The van der Waals surface area contributed by atoms with Gasteiger partial charge in [0.25, 0.3) is 0 Å². The highest BCUT2D eigenvalue weighted by molar-refractivity contribution is 5.95. The Balaban J connectivity index is 2.25. The van der Waals surface area contributed by atoms with Crippen molar-refractivity contribution in [3.8, 4) is 17.0 Å². The number of rotatable bonds is 2.